The molecule has 1 aliphatic rings. The van der Waals surface area contributed by atoms with Gasteiger partial charge in [-0.25, -0.2) is 13.2 Å². The van der Waals surface area contributed by atoms with Gasteiger partial charge in [0, 0.05) is 18.5 Å². The molecule has 2 N–H and O–H groups in total. The van der Waals surface area contributed by atoms with E-state index in [0.717, 1.165) is 0 Å². The van der Waals surface area contributed by atoms with Crippen molar-refractivity contribution >= 4 is 50.1 Å². The van der Waals surface area contributed by atoms with Gasteiger partial charge in [-0.2, -0.15) is 9.57 Å². The van der Waals surface area contributed by atoms with Gasteiger partial charge in [0.1, 0.15) is 12.6 Å². The van der Waals surface area contributed by atoms with Crippen LogP contribution in [0.3, 0.4) is 0 Å². The maximum Gasteiger partial charge on any atom is 0.424 e. The summed E-state index contributed by atoms with van der Waals surface area (Å²) in [7, 11) is -4.55. The van der Waals surface area contributed by atoms with E-state index in [9.17, 15) is 23.3 Å². The van der Waals surface area contributed by atoms with Gasteiger partial charge < -0.3 is 15.4 Å². The zero-order valence-corrected chi connectivity index (χ0v) is 23.3. The summed E-state index contributed by atoms with van der Waals surface area (Å²) < 4.78 is 34.0. The number of nitriles is 1. The minimum absolute atomic E-state index is 0.0758. The van der Waals surface area contributed by atoms with Crippen LogP contribution < -0.4 is 5.73 Å². The molecule has 11 heteroatoms. The summed E-state index contributed by atoms with van der Waals surface area (Å²) in [4.78, 5) is 28.3. The molecule has 4 aromatic carbocycles. The average Bonchev–Trinajstić information content (AvgIpc) is 3.33. The fourth-order valence-corrected chi connectivity index (χ4v) is 6.55. The number of sulfonamides is 1. The molecule has 4 aromatic rings. The predicted molar refractivity (Wildman–Crippen MR) is 154 cm³/mol. The first-order chi connectivity index (χ1) is 19.7. The minimum atomic E-state index is -4.55. The van der Waals surface area contributed by atoms with E-state index in [2.05, 4.69) is 6.07 Å². The monoisotopic (exact) mass is 588 g/mol. The molecule has 0 saturated carbocycles. The quantitative estimate of drug-likeness (QED) is 0.298. The number of benzene rings is 4. The van der Waals surface area contributed by atoms with E-state index in [1.165, 1.54) is 23.1 Å². The van der Waals surface area contributed by atoms with E-state index in [-0.39, 0.29) is 36.0 Å². The molecule has 1 aliphatic heterocycles. The van der Waals surface area contributed by atoms with Crippen molar-refractivity contribution in [2.24, 2.45) is 0 Å². The largest absolute Gasteiger partial charge is 0.444 e. The first-order valence-corrected chi connectivity index (χ1v) is 14.5. The topological polar surface area (TPSA) is 134 Å². The van der Waals surface area contributed by atoms with Crippen LogP contribution in [0.4, 0.5) is 10.5 Å². The summed E-state index contributed by atoms with van der Waals surface area (Å²) >= 11 is 6.30. The Morgan fingerprint density at radius 2 is 1.80 bits per heavy atom. The first-order valence-electron chi connectivity index (χ1n) is 12.7. The zero-order chi connectivity index (χ0) is 29.1. The van der Waals surface area contributed by atoms with Gasteiger partial charge in [0.25, 0.3) is 10.0 Å². The van der Waals surface area contributed by atoms with Gasteiger partial charge in [-0.1, -0.05) is 66.2 Å². The van der Waals surface area contributed by atoms with Gasteiger partial charge in [0.05, 0.1) is 27.2 Å². The highest BCUT2D eigenvalue weighted by molar-refractivity contribution is 7.89. The van der Waals surface area contributed by atoms with Crippen LogP contribution in [-0.4, -0.2) is 42.2 Å². The number of nitrogens with two attached hydrogens (primary N) is 1. The number of likely N-dealkylation sites (tertiary alicyclic amines) is 1. The van der Waals surface area contributed by atoms with E-state index < -0.39 is 28.1 Å². The van der Waals surface area contributed by atoms with Crippen LogP contribution in [0.5, 0.6) is 0 Å². The molecule has 0 bridgehead atoms. The summed E-state index contributed by atoms with van der Waals surface area (Å²) in [5, 5.41) is 10.5. The standard InChI is InChI=1S/C30H25ClN4O5S/c31-28-25-11-10-24(16-23(25)9-12-26(28)33)41(38,39)35(30(37)40-19-20-5-2-1-3-6-20)27-13-14-34(29(27)36)18-22-8-4-7-21(15-22)17-32/h1-12,15-16,27H,13-14,18-19,33H2/t27-/m0/s1. The highest BCUT2D eigenvalue weighted by atomic mass is 35.5. The van der Waals surface area contributed by atoms with Crippen molar-refractivity contribution in [1.29, 1.82) is 5.26 Å². The molecule has 1 atom stereocenters. The van der Waals surface area contributed by atoms with Crippen molar-refractivity contribution in [3.8, 4) is 6.07 Å². The molecule has 9 nitrogen and oxygen atoms in total. The molecule has 0 unspecified atom stereocenters. The summed E-state index contributed by atoms with van der Waals surface area (Å²) in [6, 6.07) is 23.8. The van der Waals surface area contributed by atoms with Crippen molar-refractivity contribution < 1.29 is 22.7 Å². The Morgan fingerprint density at radius 3 is 2.56 bits per heavy atom. The fourth-order valence-electron chi connectivity index (χ4n) is 4.79. The Labute approximate surface area is 242 Å². The molecular formula is C30H25ClN4O5S. The van der Waals surface area contributed by atoms with Gasteiger partial charge in [-0.3, -0.25) is 4.79 Å². The summed E-state index contributed by atoms with van der Waals surface area (Å²) in [5.74, 6) is -0.538. The number of nitrogens with zero attached hydrogens (tertiary/aromatic N) is 3. The Kier molecular flexibility index (Phi) is 7.83. The normalized spacial score (nSPS) is 15.1. The number of fused-ring (bicyclic) bond motifs is 1. The molecule has 1 heterocycles. The number of carbonyl (C=O) groups excluding carboxylic acids is 2. The third-order valence-corrected chi connectivity index (χ3v) is 9.07. The smallest absolute Gasteiger partial charge is 0.424 e. The Bertz CT molecular complexity index is 1790. The molecule has 0 aromatic heterocycles. The van der Waals surface area contributed by atoms with E-state index >= 15 is 0 Å². The number of carbonyl (C=O) groups is 2. The third kappa shape index (κ3) is 5.68. The highest BCUT2D eigenvalue weighted by Crippen LogP contribution is 2.33. The average molecular weight is 589 g/mol. The van der Waals surface area contributed by atoms with E-state index in [1.54, 1.807) is 66.7 Å². The number of nitrogen functional groups attached to an aromatic ring is 1. The third-order valence-electron chi connectivity index (χ3n) is 6.88. The zero-order valence-electron chi connectivity index (χ0n) is 21.7. The van der Waals surface area contributed by atoms with E-state index in [4.69, 9.17) is 22.1 Å². The lowest BCUT2D eigenvalue weighted by molar-refractivity contribution is -0.131. The lowest BCUT2D eigenvalue weighted by Gasteiger charge is -2.27. The van der Waals surface area contributed by atoms with Crippen molar-refractivity contribution in [1.82, 2.24) is 9.21 Å². The van der Waals surface area contributed by atoms with Crippen molar-refractivity contribution in [3.63, 3.8) is 0 Å². The second-order valence-electron chi connectivity index (χ2n) is 9.57. The molecule has 0 spiro atoms. The highest BCUT2D eigenvalue weighted by Gasteiger charge is 2.45. The molecule has 41 heavy (non-hydrogen) atoms. The molecule has 5 rings (SSSR count). The number of hydrogen-bond acceptors (Lipinski definition) is 7. The summed E-state index contributed by atoms with van der Waals surface area (Å²) in [6.45, 7) is 0.197. The number of ether oxygens (including phenoxy) is 1. The van der Waals surface area contributed by atoms with Crippen LogP contribution in [0, 0.1) is 11.3 Å². The van der Waals surface area contributed by atoms with Gasteiger partial charge in [0.15, 0.2) is 0 Å². The van der Waals surface area contributed by atoms with Crippen molar-refractivity contribution in [2.45, 2.75) is 30.5 Å². The molecule has 2 amide bonds. The maximum atomic E-state index is 14.0. The number of amides is 2. The molecule has 0 aliphatic carbocycles. The van der Waals surface area contributed by atoms with Crippen LogP contribution in [0.15, 0.2) is 89.8 Å². The number of hydrogen-bond donors (Lipinski definition) is 1. The van der Waals surface area contributed by atoms with Crippen LogP contribution >= 0.6 is 11.6 Å². The molecule has 0 radical (unpaired) electrons. The second-order valence-corrected chi connectivity index (χ2v) is 11.8. The SMILES string of the molecule is N#Cc1cccc(CN2CC[C@H](N(C(=O)OCc3ccccc3)S(=O)(=O)c3ccc4c(Cl)c(N)ccc4c3)C2=O)c1. The Morgan fingerprint density at radius 1 is 1.05 bits per heavy atom. The molecule has 1 saturated heterocycles. The van der Waals surface area contributed by atoms with Crippen LogP contribution in [0.2, 0.25) is 5.02 Å². The minimum Gasteiger partial charge on any atom is -0.444 e. The summed E-state index contributed by atoms with van der Waals surface area (Å²) in [6.07, 6.45) is -1.08. The first kappa shape index (κ1) is 28.0. The van der Waals surface area contributed by atoms with E-state index in [1.807, 2.05) is 0 Å². The number of anilines is 1. The van der Waals surface area contributed by atoms with Gasteiger partial charge in [0.2, 0.25) is 5.91 Å². The fraction of sp³-hybridized carbons (Fsp3) is 0.167. The van der Waals surface area contributed by atoms with Crippen LogP contribution in [0.1, 0.15) is 23.1 Å². The van der Waals surface area contributed by atoms with Gasteiger partial charge in [-0.15, -0.1) is 0 Å². The lowest BCUT2D eigenvalue weighted by atomic mass is 10.1. The number of rotatable bonds is 7. The molecule has 208 valence electrons. The number of halogens is 1. The Balaban J connectivity index is 1.48. The van der Waals surface area contributed by atoms with E-state index in [0.29, 0.717) is 37.5 Å². The van der Waals surface area contributed by atoms with Gasteiger partial charge >= 0.3 is 6.09 Å². The predicted octanol–water partition coefficient (Wildman–Crippen LogP) is 5.08. The molecular weight excluding hydrogens is 564 g/mol. The molecule has 1 fully saturated rings. The van der Waals surface area contributed by atoms with Crippen molar-refractivity contribution in [3.05, 3.63) is 107 Å². The second kappa shape index (κ2) is 11.5. The van der Waals surface area contributed by atoms with Crippen molar-refractivity contribution in [2.75, 3.05) is 12.3 Å². The maximum absolute atomic E-state index is 14.0. The summed E-state index contributed by atoms with van der Waals surface area (Å²) in [5.41, 5.74) is 8.04. The van der Waals surface area contributed by atoms with Crippen LogP contribution in [0.25, 0.3) is 10.8 Å². The Hall–Kier alpha value is -4.59. The van der Waals surface area contributed by atoms with Crippen LogP contribution in [-0.2, 0) is 32.7 Å². The van der Waals surface area contributed by atoms with Gasteiger partial charge in [-0.05, 0) is 53.3 Å². The lowest BCUT2D eigenvalue weighted by Crippen LogP contribution is -2.48.